The average molecular weight is 359 g/mol. The molecule has 26 heavy (non-hydrogen) atoms. The Labute approximate surface area is 157 Å². The molecule has 5 nitrogen and oxygen atoms in total. The van der Waals surface area contributed by atoms with Gasteiger partial charge in [-0.05, 0) is 77.3 Å². The number of morpholine rings is 1. The Morgan fingerprint density at radius 2 is 1.65 bits per heavy atom. The highest BCUT2D eigenvalue weighted by molar-refractivity contribution is 5.46. The average Bonchev–Trinajstić information content (AvgIpc) is 2.40. The van der Waals surface area contributed by atoms with Gasteiger partial charge >= 0.3 is 0 Å². The van der Waals surface area contributed by atoms with Crippen molar-refractivity contribution in [2.75, 3.05) is 18.0 Å². The Morgan fingerprint density at radius 1 is 1.08 bits per heavy atom. The lowest BCUT2D eigenvalue weighted by atomic mass is 9.46. The molecule has 5 heteroatoms. The standard InChI is InChI=1S/C21H34N4O/c1-14-16(21(23)10-20(11-21)8-15(22)9-20)6-7-17(24-14)25-12-18(2,3)26-19(4,5)13-25/h6-7,15H,8-13,22-23H2,1-5H3. The van der Waals surface area contributed by atoms with E-state index in [9.17, 15) is 0 Å². The van der Waals surface area contributed by atoms with Crippen LogP contribution >= 0.6 is 0 Å². The smallest absolute Gasteiger partial charge is 0.129 e. The molecular formula is C21H34N4O. The molecule has 4 rings (SSSR count). The minimum atomic E-state index is -0.223. The zero-order chi connectivity index (χ0) is 19.0. The summed E-state index contributed by atoms with van der Waals surface area (Å²) in [6.07, 6.45) is 4.36. The van der Waals surface area contributed by atoms with Gasteiger partial charge in [0, 0.05) is 30.4 Å². The summed E-state index contributed by atoms with van der Waals surface area (Å²) in [4.78, 5) is 7.29. The van der Waals surface area contributed by atoms with Gasteiger partial charge in [0.15, 0.2) is 0 Å². The third-order valence-corrected chi connectivity index (χ3v) is 6.40. The first-order valence-corrected chi connectivity index (χ1v) is 9.89. The number of rotatable bonds is 2. The van der Waals surface area contributed by atoms with E-state index in [0.29, 0.717) is 11.5 Å². The number of ether oxygens (including phenoxy) is 1. The van der Waals surface area contributed by atoms with Gasteiger partial charge in [-0.3, -0.25) is 0 Å². The van der Waals surface area contributed by atoms with E-state index in [2.05, 4.69) is 51.7 Å². The highest BCUT2D eigenvalue weighted by Crippen LogP contribution is 2.62. The maximum absolute atomic E-state index is 6.76. The fourth-order valence-corrected chi connectivity index (χ4v) is 6.02. The van der Waals surface area contributed by atoms with E-state index in [4.69, 9.17) is 21.2 Å². The first-order valence-electron chi connectivity index (χ1n) is 9.89. The van der Waals surface area contributed by atoms with E-state index in [1.165, 1.54) is 5.56 Å². The zero-order valence-electron chi connectivity index (χ0n) is 16.9. The van der Waals surface area contributed by atoms with Gasteiger partial charge in [0.05, 0.1) is 11.2 Å². The molecule has 1 aliphatic heterocycles. The molecule has 0 unspecified atom stereocenters. The molecule has 0 atom stereocenters. The van der Waals surface area contributed by atoms with Gasteiger partial charge in [-0.25, -0.2) is 4.98 Å². The van der Waals surface area contributed by atoms with Crippen molar-refractivity contribution in [2.45, 2.75) is 83.1 Å². The number of aryl methyl sites for hydroxylation is 1. The second kappa shape index (κ2) is 5.43. The summed E-state index contributed by atoms with van der Waals surface area (Å²) in [5, 5.41) is 0. The first-order chi connectivity index (χ1) is 11.9. The van der Waals surface area contributed by atoms with Gasteiger partial charge in [-0.1, -0.05) is 6.07 Å². The summed E-state index contributed by atoms with van der Waals surface area (Å²) in [5.41, 5.74) is 14.8. The molecule has 2 saturated carbocycles. The molecule has 3 aliphatic rings. The normalized spacial score (nSPS) is 38.0. The van der Waals surface area contributed by atoms with Crippen LogP contribution in [0.2, 0.25) is 0 Å². The second-order valence-electron chi connectivity index (χ2n) is 10.5. The third kappa shape index (κ3) is 3.04. The topological polar surface area (TPSA) is 77.4 Å². The summed E-state index contributed by atoms with van der Waals surface area (Å²) >= 11 is 0. The molecule has 3 fully saturated rings. The van der Waals surface area contributed by atoms with Crippen molar-refractivity contribution in [1.82, 2.24) is 4.98 Å². The lowest BCUT2D eigenvalue weighted by Crippen LogP contribution is -2.63. The Bertz CT molecular complexity index is 697. The van der Waals surface area contributed by atoms with Crippen LogP contribution in [0.1, 0.15) is 64.6 Å². The third-order valence-electron chi connectivity index (χ3n) is 6.40. The van der Waals surface area contributed by atoms with Gasteiger partial charge < -0.3 is 21.1 Å². The van der Waals surface area contributed by atoms with Crippen molar-refractivity contribution in [1.29, 1.82) is 0 Å². The molecule has 1 aromatic rings. The van der Waals surface area contributed by atoms with Gasteiger partial charge in [0.25, 0.3) is 0 Å². The van der Waals surface area contributed by atoms with Crippen molar-refractivity contribution in [3.8, 4) is 0 Å². The lowest BCUT2D eigenvalue weighted by Gasteiger charge is -2.62. The van der Waals surface area contributed by atoms with E-state index in [1.807, 2.05) is 0 Å². The minimum Gasteiger partial charge on any atom is -0.366 e. The van der Waals surface area contributed by atoms with Gasteiger partial charge in [0.2, 0.25) is 0 Å². The molecule has 4 N–H and O–H groups in total. The van der Waals surface area contributed by atoms with Gasteiger partial charge in [-0.2, -0.15) is 0 Å². The van der Waals surface area contributed by atoms with Crippen LogP contribution < -0.4 is 16.4 Å². The SMILES string of the molecule is Cc1nc(N2CC(C)(C)OC(C)(C)C2)ccc1C1(N)CC2(CC(N)C2)C1. The summed E-state index contributed by atoms with van der Waals surface area (Å²) in [6, 6.07) is 4.74. The highest BCUT2D eigenvalue weighted by atomic mass is 16.5. The second-order valence-corrected chi connectivity index (χ2v) is 10.5. The molecule has 1 saturated heterocycles. The summed E-state index contributed by atoms with van der Waals surface area (Å²) in [7, 11) is 0. The first kappa shape index (κ1) is 18.2. The van der Waals surface area contributed by atoms with Crippen LogP contribution in [0.3, 0.4) is 0 Å². The molecule has 144 valence electrons. The number of pyridine rings is 1. The largest absolute Gasteiger partial charge is 0.366 e. The minimum absolute atomic E-state index is 0.186. The molecule has 2 heterocycles. The van der Waals surface area contributed by atoms with Gasteiger partial charge in [0.1, 0.15) is 5.82 Å². The van der Waals surface area contributed by atoms with Gasteiger partial charge in [-0.15, -0.1) is 0 Å². The number of nitrogens with two attached hydrogens (primary N) is 2. The van der Waals surface area contributed by atoms with E-state index in [-0.39, 0.29) is 16.7 Å². The lowest BCUT2D eigenvalue weighted by molar-refractivity contribution is -0.133. The van der Waals surface area contributed by atoms with Crippen LogP contribution in [0.5, 0.6) is 0 Å². The van der Waals surface area contributed by atoms with E-state index in [0.717, 1.165) is 50.3 Å². The Balaban J connectivity index is 1.53. The number of hydrogen-bond acceptors (Lipinski definition) is 5. The van der Waals surface area contributed by atoms with Crippen LogP contribution in [0.25, 0.3) is 0 Å². The fraction of sp³-hybridized carbons (Fsp3) is 0.762. The highest BCUT2D eigenvalue weighted by Gasteiger charge is 2.58. The number of hydrogen-bond donors (Lipinski definition) is 2. The number of anilines is 1. The Hall–Kier alpha value is -1.17. The van der Waals surface area contributed by atoms with Crippen molar-refractivity contribution in [3.05, 3.63) is 23.4 Å². The van der Waals surface area contributed by atoms with Crippen LogP contribution in [0.15, 0.2) is 12.1 Å². The number of nitrogens with zero attached hydrogens (tertiary/aromatic N) is 2. The van der Waals surface area contributed by atoms with Crippen molar-refractivity contribution >= 4 is 5.82 Å². The summed E-state index contributed by atoms with van der Waals surface area (Å²) in [6.45, 7) is 12.4. The van der Waals surface area contributed by atoms with E-state index >= 15 is 0 Å². The van der Waals surface area contributed by atoms with Crippen LogP contribution in [-0.4, -0.2) is 35.3 Å². The fourth-order valence-electron chi connectivity index (χ4n) is 6.02. The van der Waals surface area contributed by atoms with Crippen LogP contribution in [0, 0.1) is 12.3 Å². The Morgan fingerprint density at radius 3 is 2.15 bits per heavy atom. The van der Waals surface area contributed by atoms with Crippen molar-refractivity contribution in [2.24, 2.45) is 16.9 Å². The molecule has 1 aromatic heterocycles. The Kier molecular flexibility index (Phi) is 3.80. The van der Waals surface area contributed by atoms with E-state index in [1.54, 1.807) is 0 Å². The zero-order valence-corrected chi connectivity index (χ0v) is 16.9. The molecule has 0 bridgehead atoms. The van der Waals surface area contributed by atoms with Crippen LogP contribution in [0.4, 0.5) is 5.82 Å². The number of aromatic nitrogens is 1. The quantitative estimate of drug-likeness (QED) is 0.850. The molecule has 2 aliphatic carbocycles. The predicted octanol–water partition coefficient (Wildman–Crippen LogP) is 2.84. The summed E-state index contributed by atoms with van der Waals surface area (Å²) in [5.74, 6) is 1.03. The predicted molar refractivity (Wildman–Crippen MR) is 105 cm³/mol. The maximum atomic E-state index is 6.76. The molecule has 0 radical (unpaired) electrons. The molecule has 1 spiro atoms. The maximum Gasteiger partial charge on any atom is 0.129 e. The summed E-state index contributed by atoms with van der Waals surface area (Å²) < 4.78 is 6.20. The monoisotopic (exact) mass is 358 g/mol. The van der Waals surface area contributed by atoms with Crippen molar-refractivity contribution < 1.29 is 4.74 Å². The van der Waals surface area contributed by atoms with Crippen LogP contribution in [-0.2, 0) is 10.3 Å². The van der Waals surface area contributed by atoms with E-state index < -0.39 is 0 Å². The molecule has 0 amide bonds. The molecular weight excluding hydrogens is 324 g/mol. The van der Waals surface area contributed by atoms with Crippen molar-refractivity contribution in [3.63, 3.8) is 0 Å². The molecule has 0 aromatic carbocycles.